The summed E-state index contributed by atoms with van der Waals surface area (Å²) in [5.41, 5.74) is -0.185. The number of hydrogen-bond donors (Lipinski definition) is 1. The first kappa shape index (κ1) is 16.9. The molecule has 0 saturated carbocycles. The molecule has 0 spiro atoms. The normalized spacial score (nSPS) is 23.7. The quantitative estimate of drug-likeness (QED) is 0.713. The van der Waals surface area contributed by atoms with Crippen LogP contribution in [0, 0.1) is 0 Å². The number of rotatable bonds is 7. The third kappa shape index (κ3) is 5.05. The molecule has 0 radical (unpaired) electrons. The minimum Gasteiger partial charge on any atom is -0.393 e. The molecule has 0 aliphatic carbocycles. The van der Waals surface area contributed by atoms with Crippen molar-refractivity contribution < 1.29 is 9.94 Å². The summed E-state index contributed by atoms with van der Waals surface area (Å²) in [5.74, 6) is 0. The summed E-state index contributed by atoms with van der Waals surface area (Å²) in [6.45, 7) is 11.7. The van der Waals surface area contributed by atoms with Gasteiger partial charge in [0.25, 0.3) is 0 Å². The lowest BCUT2D eigenvalue weighted by Gasteiger charge is -2.52. The summed E-state index contributed by atoms with van der Waals surface area (Å²) in [6, 6.07) is 0. The zero-order valence-electron chi connectivity index (χ0n) is 13.5. The molecular weight excluding hydrogens is 238 g/mol. The Morgan fingerprint density at radius 1 is 1.00 bits per heavy atom. The summed E-state index contributed by atoms with van der Waals surface area (Å²) in [5, 5.41) is 12.1. The van der Waals surface area contributed by atoms with Crippen LogP contribution in [0.4, 0.5) is 0 Å². The first-order chi connectivity index (χ1) is 8.79. The predicted octanol–water partition coefficient (Wildman–Crippen LogP) is 3.90. The van der Waals surface area contributed by atoms with E-state index in [4.69, 9.17) is 4.84 Å². The predicted molar refractivity (Wildman–Crippen MR) is 79.9 cm³/mol. The van der Waals surface area contributed by atoms with Gasteiger partial charge < -0.3 is 5.11 Å². The highest BCUT2D eigenvalue weighted by atomic mass is 16.7. The monoisotopic (exact) mass is 271 g/mol. The second-order valence-electron chi connectivity index (χ2n) is 7.23. The fourth-order valence-corrected chi connectivity index (χ4v) is 3.42. The SMILES string of the molecule is CCCCCCCON1C(C)(C)CC(O)CC1(C)C. The lowest BCUT2D eigenvalue weighted by molar-refractivity contribution is -0.292. The van der Waals surface area contributed by atoms with Crippen molar-refractivity contribution in [2.75, 3.05) is 6.61 Å². The number of aliphatic hydroxyl groups is 1. The maximum Gasteiger partial charge on any atom is 0.0685 e. The van der Waals surface area contributed by atoms with Crippen molar-refractivity contribution in [3.8, 4) is 0 Å². The summed E-state index contributed by atoms with van der Waals surface area (Å²) in [4.78, 5) is 6.06. The minimum absolute atomic E-state index is 0.0927. The lowest BCUT2D eigenvalue weighted by atomic mass is 9.80. The molecule has 1 heterocycles. The van der Waals surface area contributed by atoms with Gasteiger partial charge in [-0.3, -0.25) is 4.84 Å². The second-order valence-corrected chi connectivity index (χ2v) is 7.23. The minimum atomic E-state index is -0.214. The third-order valence-corrected chi connectivity index (χ3v) is 4.04. The molecule has 1 aliphatic rings. The standard InChI is InChI=1S/C16H33NO2/c1-6-7-8-9-10-11-19-17-15(2,3)12-14(18)13-16(17,4)5/h14,18H,6-13H2,1-5H3. The van der Waals surface area contributed by atoms with Gasteiger partial charge in [0.15, 0.2) is 0 Å². The van der Waals surface area contributed by atoms with Crippen LogP contribution in [-0.4, -0.2) is 34.0 Å². The zero-order chi connectivity index (χ0) is 14.5. The van der Waals surface area contributed by atoms with E-state index >= 15 is 0 Å². The fraction of sp³-hybridized carbons (Fsp3) is 1.00. The molecule has 0 aromatic carbocycles. The molecule has 114 valence electrons. The summed E-state index contributed by atoms with van der Waals surface area (Å²) in [7, 11) is 0. The Morgan fingerprint density at radius 3 is 2.05 bits per heavy atom. The molecule has 1 N–H and O–H groups in total. The van der Waals surface area contributed by atoms with E-state index in [0.29, 0.717) is 0 Å². The van der Waals surface area contributed by atoms with E-state index in [1.165, 1.54) is 25.7 Å². The number of aliphatic hydroxyl groups excluding tert-OH is 1. The van der Waals surface area contributed by atoms with Crippen molar-refractivity contribution in [3.63, 3.8) is 0 Å². The van der Waals surface area contributed by atoms with Crippen LogP contribution in [0.2, 0.25) is 0 Å². The highest BCUT2D eigenvalue weighted by Crippen LogP contribution is 2.38. The van der Waals surface area contributed by atoms with Crippen molar-refractivity contribution >= 4 is 0 Å². The average Bonchev–Trinajstić information content (AvgIpc) is 2.23. The average molecular weight is 271 g/mol. The topological polar surface area (TPSA) is 32.7 Å². The molecule has 1 aliphatic heterocycles. The van der Waals surface area contributed by atoms with E-state index in [-0.39, 0.29) is 17.2 Å². The molecule has 19 heavy (non-hydrogen) atoms. The second kappa shape index (κ2) is 7.05. The molecule has 0 bridgehead atoms. The van der Waals surface area contributed by atoms with Gasteiger partial charge in [-0.15, -0.1) is 0 Å². The molecule has 0 atom stereocenters. The smallest absolute Gasteiger partial charge is 0.0685 e. The van der Waals surface area contributed by atoms with Gasteiger partial charge in [0, 0.05) is 11.1 Å². The van der Waals surface area contributed by atoms with Crippen molar-refractivity contribution in [2.24, 2.45) is 0 Å². The van der Waals surface area contributed by atoms with Crippen molar-refractivity contribution in [1.29, 1.82) is 0 Å². The largest absolute Gasteiger partial charge is 0.393 e. The van der Waals surface area contributed by atoms with E-state index in [9.17, 15) is 5.11 Å². The Hall–Kier alpha value is -0.120. The number of piperidine rings is 1. The van der Waals surface area contributed by atoms with Gasteiger partial charge in [-0.2, -0.15) is 5.06 Å². The van der Waals surface area contributed by atoms with E-state index in [0.717, 1.165) is 25.9 Å². The van der Waals surface area contributed by atoms with E-state index < -0.39 is 0 Å². The highest BCUT2D eigenvalue weighted by molar-refractivity contribution is 4.96. The summed E-state index contributed by atoms with van der Waals surface area (Å²) >= 11 is 0. The highest BCUT2D eigenvalue weighted by Gasteiger charge is 2.45. The molecule has 0 unspecified atom stereocenters. The van der Waals surface area contributed by atoms with Gasteiger partial charge in [-0.1, -0.05) is 32.6 Å². The molecule has 3 heteroatoms. The van der Waals surface area contributed by atoms with Gasteiger partial charge >= 0.3 is 0 Å². The molecule has 3 nitrogen and oxygen atoms in total. The maximum absolute atomic E-state index is 9.98. The van der Waals surface area contributed by atoms with Crippen LogP contribution in [0.3, 0.4) is 0 Å². The van der Waals surface area contributed by atoms with Crippen LogP contribution in [-0.2, 0) is 4.84 Å². The Morgan fingerprint density at radius 2 is 1.53 bits per heavy atom. The van der Waals surface area contributed by atoms with Crippen molar-refractivity contribution in [3.05, 3.63) is 0 Å². The molecule has 0 aromatic rings. The number of unbranched alkanes of at least 4 members (excludes halogenated alkanes) is 4. The molecular formula is C16H33NO2. The van der Waals surface area contributed by atoms with Crippen molar-refractivity contribution in [1.82, 2.24) is 5.06 Å². The fourth-order valence-electron chi connectivity index (χ4n) is 3.42. The van der Waals surface area contributed by atoms with Crippen molar-refractivity contribution in [2.45, 2.75) is 96.7 Å². The third-order valence-electron chi connectivity index (χ3n) is 4.04. The van der Waals surface area contributed by atoms with Crippen LogP contribution >= 0.6 is 0 Å². The Bertz CT molecular complexity index is 245. The number of hydrogen-bond acceptors (Lipinski definition) is 3. The van der Waals surface area contributed by atoms with E-state index in [2.05, 4.69) is 39.7 Å². The van der Waals surface area contributed by atoms with Gasteiger partial charge in [-0.05, 0) is 47.0 Å². The first-order valence-electron chi connectivity index (χ1n) is 7.91. The maximum atomic E-state index is 9.98. The van der Waals surface area contributed by atoms with Crippen LogP contribution < -0.4 is 0 Å². The summed E-state index contributed by atoms with van der Waals surface area (Å²) < 4.78 is 0. The van der Waals surface area contributed by atoms with Gasteiger partial charge in [-0.25, -0.2) is 0 Å². The summed E-state index contributed by atoms with van der Waals surface area (Å²) in [6.07, 6.45) is 7.66. The van der Waals surface area contributed by atoms with Crippen LogP contribution in [0.5, 0.6) is 0 Å². The van der Waals surface area contributed by atoms with Gasteiger partial charge in [0.05, 0.1) is 12.7 Å². The lowest BCUT2D eigenvalue weighted by Crippen LogP contribution is -2.61. The Labute approximate surface area is 119 Å². The molecule has 1 fully saturated rings. The zero-order valence-corrected chi connectivity index (χ0v) is 13.5. The molecule has 1 saturated heterocycles. The first-order valence-corrected chi connectivity index (χ1v) is 7.91. The van der Waals surface area contributed by atoms with E-state index in [1.807, 2.05) is 0 Å². The number of hydroxylamine groups is 2. The van der Waals surface area contributed by atoms with Crippen LogP contribution in [0.15, 0.2) is 0 Å². The van der Waals surface area contributed by atoms with Crippen LogP contribution in [0.25, 0.3) is 0 Å². The molecule has 0 aromatic heterocycles. The molecule has 1 rings (SSSR count). The van der Waals surface area contributed by atoms with Gasteiger partial charge in [0.2, 0.25) is 0 Å². The van der Waals surface area contributed by atoms with Gasteiger partial charge in [0.1, 0.15) is 0 Å². The number of nitrogens with zero attached hydrogens (tertiary/aromatic N) is 1. The molecule has 0 amide bonds. The van der Waals surface area contributed by atoms with Crippen LogP contribution in [0.1, 0.15) is 79.6 Å². The van der Waals surface area contributed by atoms with E-state index in [1.54, 1.807) is 0 Å². The Balaban J connectivity index is 2.41. The Kier molecular flexibility index (Phi) is 6.28.